The van der Waals surface area contributed by atoms with Crippen molar-refractivity contribution >= 4 is 11.6 Å². The van der Waals surface area contributed by atoms with Crippen molar-refractivity contribution in [2.45, 2.75) is 19.9 Å². The van der Waals surface area contributed by atoms with Crippen LogP contribution in [0.1, 0.15) is 29.3 Å². The lowest BCUT2D eigenvalue weighted by molar-refractivity contribution is 0.0951. The highest BCUT2D eigenvalue weighted by atomic mass is 16.1. The molecule has 134 valence electrons. The summed E-state index contributed by atoms with van der Waals surface area (Å²) in [6.45, 7) is 3.58. The molecule has 0 bridgehead atoms. The molecule has 0 aliphatic carbocycles. The molecule has 0 spiro atoms. The predicted molar refractivity (Wildman–Crippen MR) is 103 cm³/mol. The van der Waals surface area contributed by atoms with Gasteiger partial charge in [-0.15, -0.1) is 0 Å². The molecule has 0 aliphatic rings. The van der Waals surface area contributed by atoms with Crippen LogP contribution in [0.5, 0.6) is 0 Å². The summed E-state index contributed by atoms with van der Waals surface area (Å²) in [5.41, 5.74) is 2.71. The molecular formula is C20H23N5O. The van der Waals surface area contributed by atoms with Crippen LogP contribution in [0, 0.1) is 0 Å². The molecule has 0 fully saturated rings. The number of nitrogens with one attached hydrogen (secondary N) is 1. The maximum atomic E-state index is 12.3. The third-order valence-corrected chi connectivity index (χ3v) is 4.16. The van der Waals surface area contributed by atoms with Crippen molar-refractivity contribution in [3.8, 4) is 5.82 Å². The fraction of sp³-hybridized carbons (Fsp3) is 0.250. The fourth-order valence-corrected chi connectivity index (χ4v) is 2.68. The monoisotopic (exact) mass is 349 g/mol. The van der Waals surface area contributed by atoms with Crippen LogP contribution in [0.15, 0.2) is 61.3 Å². The van der Waals surface area contributed by atoms with E-state index in [2.05, 4.69) is 34.2 Å². The minimum Gasteiger partial charge on any atom is -0.375 e. The van der Waals surface area contributed by atoms with E-state index in [9.17, 15) is 4.79 Å². The minimum absolute atomic E-state index is 0.0895. The second kappa shape index (κ2) is 8.29. The van der Waals surface area contributed by atoms with Gasteiger partial charge in [0.05, 0.1) is 0 Å². The van der Waals surface area contributed by atoms with Gasteiger partial charge < -0.3 is 10.2 Å². The number of imidazole rings is 1. The Balaban J connectivity index is 1.56. The number of pyridine rings is 1. The molecule has 26 heavy (non-hydrogen) atoms. The smallest absolute Gasteiger partial charge is 0.251 e. The van der Waals surface area contributed by atoms with Crippen molar-refractivity contribution in [3.63, 3.8) is 0 Å². The first-order valence-corrected chi connectivity index (χ1v) is 8.70. The van der Waals surface area contributed by atoms with Gasteiger partial charge in [-0.1, -0.05) is 13.0 Å². The van der Waals surface area contributed by atoms with Gasteiger partial charge in [0, 0.05) is 50.0 Å². The number of carbonyl (C=O) groups is 1. The van der Waals surface area contributed by atoms with Crippen LogP contribution >= 0.6 is 0 Å². The maximum Gasteiger partial charge on any atom is 0.251 e. The summed E-state index contributed by atoms with van der Waals surface area (Å²) in [5, 5.41) is 2.93. The Morgan fingerprint density at radius 3 is 2.62 bits per heavy atom. The molecule has 0 atom stereocenters. The number of hydrogen-bond donors (Lipinski definition) is 1. The second-order valence-corrected chi connectivity index (χ2v) is 6.15. The molecule has 0 radical (unpaired) electrons. The first kappa shape index (κ1) is 17.7. The second-order valence-electron chi connectivity index (χ2n) is 6.15. The van der Waals surface area contributed by atoms with Crippen LogP contribution in [-0.2, 0) is 6.54 Å². The third-order valence-electron chi connectivity index (χ3n) is 4.16. The molecule has 6 nitrogen and oxygen atoms in total. The zero-order chi connectivity index (χ0) is 18.4. The van der Waals surface area contributed by atoms with Gasteiger partial charge in [-0.05, 0) is 42.3 Å². The molecule has 0 saturated heterocycles. The van der Waals surface area contributed by atoms with E-state index < -0.39 is 0 Å². The number of anilines is 1. The van der Waals surface area contributed by atoms with Crippen molar-refractivity contribution in [1.29, 1.82) is 0 Å². The summed E-state index contributed by atoms with van der Waals surface area (Å²) < 4.78 is 1.83. The predicted octanol–water partition coefficient (Wildman–Crippen LogP) is 3.04. The number of aromatic nitrogens is 3. The molecule has 3 rings (SSSR count). The molecule has 1 N–H and O–H groups in total. The zero-order valence-corrected chi connectivity index (χ0v) is 15.1. The van der Waals surface area contributed by atoms with Crippen LogP contribution in [0.4, 0.5) is 5.69 Å². The summed E-state index contributed by atoms with van der Waals surface area (Å²) in [6.07, 6.45) is 8.10. The Morgan fingerprint density at radius 2 is 2.00 bits per heavy atom. The van der Waals surface area contributed by atoms with E-state index in [1.54, 1.807) is 18.7 Å². The summed E-state index contributed by atoms with van der Waals surface area (Å²) >= 11 is 0. The average molecular weight is 349 g/mol. The molecule has 3 aromatic rings. The largest absolute Gasteiger partial charge is 0.375 e. The van der Waals surface area contributed by atoms with E-state index in [1.165, 1.54) is 0 Å². The Labute approximate surface area is 153 Å². The summed E-state index contributed by atoms with van der Waals surface area (Å²) in [6, 6.07) is 11.5. The number of rotatable bonds is 7. The Bertz CT molecular complexity index is 826. The van der Waals surface area contributed by atoms with Gasteiger partial charge in [0.2, 0.25) is 0 Å². The van der Waals surface area contributed by atoms with Crippen LogP contribution in [0.25, 0.3) is 5.82 Å². The lowest BCUT2D eigenvalue weighted by atomic mass is 10.1. The van der Waals surface area contributed by atoms with Gasteiger partial charge >= 0.3 is 0 Å². The molecular weight excluding hydrogens is 326 g/mol. The van der Waals surface area contributed by atoms with Crippen molar-refractivity contribution in [3.05, 3.63) is 72.4 Å². The van der Waals surface area contributed by atoms with E-state index >= 15 is 0 Å². The summed E-state index contributed by atoms with van der Waals surface area (Å²) in [7, 11) is 2.05. The first-order valence-electron chi connectivity index (χ1n) is 8.70. The highest BCUT2D eigenvalue weighted by molar-refractivity contribution is 5.94. The molecule has 0 saturated carbocycles. The van der Waals surface area contributed by atoms with Crippen molar-refractivity contribution in [1.82, 2.24) is 19.9 Å². The molecule has 1 aromatic carbocycles. The number of hydrogen-bond acceptors (Lipinski definition) is 4. The number of amides is 1. The fourth-order valence-electron chi connectivity index (χ4n) is 2.68. The lowest BCUT2D eigenvalue weighted by Gasteiger charge is -2.18. The standard InChI is InChI=1S/C20H23N5O/c1-3-11-24(2)18-7-5-17(6-8-18)20(26)23-14-16-4-9-19(22-13-16)25-12-10-21-15-25/h4-10,12-13,15H,3,11,14H2,1-2H3,(H,23,26). The molecule has 0 unspecified atom stereocenters. The molecule has 0 aliphatic heterocycles. The van der Waals surface area contributed by atoms with E-state index in [0.29, 0.717) is 12.1 Å². The lowest BCUT2D eigenvalue weighted by Crippen LogP contribution is -2.23. The topological polar surface area (TPSA) is 63.1 Å². The number of benzene rings is 1. The third kappa shape index (κ3) is 4.27. The molecule has 1 amide bonds. The van der Waals surface area contributed by atoms with Crippen molar-refractivity contribution in [2.75, 3.05) is 18.5 Å². The van der Waals surface area contributed by atoms with E-state index in [0.717, 1.165) is 30.0 Å². The Kier molecular flexibility index (Phi) is 5.63. The molecule has 2 heterocycles. The highest BCUT2D eigenvalue weighted by Crippen LogP contribution is 2.14. The van der Waals surface area contributed by atoms with Crippen LogP contribution in [-0.4, -0.2) is 34.0 Å². The van der Waals surface area contributed by atoms with E-state index in [4.69, 9.17) is 0 Å². The van der Waals surface area contributed by atoms with E-state index in [-0.39, 0.29) is 5.91 Å². The SMILES string of the molecule is CCCN(C)c1ccc(C(=O)NCc2ccc(-n3ccnc3)nc2)cc1. The number of nitrogens with zero attached hydrogens (tertiary/aromatic N) is 4. The maximum absolute atomic E-state index is 12.3. The van der Waals surface area contributed by atoms with Crippen molar-refractivity contribution < 1.29 is 4.79 Å². The van der Waals surface area contributed by atoms with Crippen LogP contribution in [0.2, 0.25) is 0 Å². The van der Waals surface area contributed by atoms with Gasteiger partial charge in [-0.3, -0.25) is 9.36 Å². The Morgan fingerprint density at radius 1 is 1.19 bits per heavy atom. The van der Waals surface area contributed by atoms with Gasteiger partial charge in [0.1, 0.15) is 12.1 Å². The average Bonchev–Trinajstić information content (AvgIpc) is 3.21. The first-order chi connectivity index (χ1) is 12.7. The highest BCUT2D eigenvalue weighted by Gasteiger charge is 2.07. The van der Waals surface area contributed by atoms with Crippen molar-refractivity contribution in [2.24, 2.45) is 0 Å². The minimum atomic E-state index is -0.0895. The number of carbonyl (C=O) groups excluding carboxylic acids is 1. The van der Waals surface area contributed by atoms with Gasteiger partial charge in [0.15, 0.2) is 0 Å². The Hall–Kier alpha value is -3.15. The zero-order valence-electron chi connectivity index (χ0n) is 15.1. The van der Waals surface area contributed by atoms with Gasteiger partial charge in [-0.2, -0.15) is 0 Å². The van der Waals surface area contributed by atoms with Gasteiger partial charge in [0.25, 0.3) is 5.91 Å². The normalized spacial score (nSPS) is 10.5. The molecule has 2 aromatic heterocycles. The van der Waals surface area contributed by atoms with Crippen LogP contribution in [0.3, 0.4) is 0 Å². The summed E-state index contributed by atoms with van der Waals surface area (Å²) in [4.78, 5) is 22.9. The van der Waals surface area contributed by atoms with Crippen LogP contribution < -0.4 is 10.2 Å². The quantitative estimate of drug-likeness (QED) is 0.712. The van der Waals surface area contributed by atoms with Gasteiger partial charge in [-0.25, -0.2) is 9.97 Å². The molecule has 6 heteroatoms. The van der Waals surface area contributed by atoms with E-state index in [1.807, 2.05) is 47.2 Å². The summed E-state index contributed by atoms with van der Waals surface area (Å²) in [5.74, 6) is 0.706.